The summed E-state index contributed by atoms with van der Waals surface area (Å²) < 4.78 is 1.62. The Bertz CT molecular complexity index is 1190. The molecule has 0 radical (unpaired) electrons. The van der Waals surface area contributed by atoms with Crippen LogP contribution in [0.5, 0.6) is 0 Å². The summed E-state index contributed by atoms with van der Waals surface area (Å²) in [6.45, 7) is 3.94. The number of carbonyl (C=O) groups is 2. The number of imidazole rings is 1. The third-order valence-electron chi connectivity index (χ3n) is 4.48. The largest absolute Gasteiger partial charge is 0.321 e. The van der Waals surface area contributed by atoms with Crippen LogP contribution in [-0.2, 0) is 0 Å². The molecule has 0 saturated carbocycles. The number of hydrogen-bond acceptors (Lipinski definition) is 3. The summed E-state index contributed by atoms with van der Waals surface area (Å²) in [7, 11) is 0. The van der Waals surface area contributed by atoms with Crippen molar-refractivity contribution in [2.75, 3.05) is 10.6 Å². The van der Waals surface area contributed by atoms with Gasteiger partial charge in [-0.15, -0.1) is 0 Å². The molecule has 2 N–H and O–H groups in total. The number of rotatable bonds is 4. The van der Waals surface area contributed by atoms with E-state index in [-0.39, 0.29) is 23.3 Å². The smallest absolute Gasteiger partial charge is 0.292 e. The first-order valence-electron chi connectivity index (χ1n) is 9.24. The summed E-state index contributed by atoms with van der Waals surface area (Å²) in [6.07, 6.45) is 1.72. The van der Waals surface area contributed by atoms with Crippen molar-refractivity contribution in [2.45, 2.75) is 13.8 Å². The van der Waals surface area contributed by atoms with E-state index in [2.05, 4.69) is 15.6 Å². The predicted molar refractivity (Wildman–Crippen MR) is 113 cm³/mol. The zero-order valence-corrected chi connectivity index (χ0v) is 16.1. The highest BCUT2D eigenvalue weighted by atomic mass is 16.2. The number of nitrogens with zero attached hydrogens (tertiary/aromatic N) is 2. The van der Waals surface area contributed by atoms with Crippen molar-refractivity contribution in [3.8, 4) is 0 Å². The van der Waals surface area contributed by atoms with Crippen molar-refractivity contribution in [3.63, 3.8) is 0 Å². The summed E-state index contributed by atoms with van der Waals surface area (Å²) in [6, 6.07) is 20.3. The van der Waals surface area contributed by atoms with Crippen LogP contribution in [0.4, 0.5) is 11.4 Å². The lowest BCUT2D eigenvalue weighted by Gasteiger charge is -2.07. The first-order valence-corrected chi connectivity index (χ1v) is 9.24. The standard InChI is InChI=1S/C23H20N4O2/c1-15-12-16(2)14-18(13-15)25-23(29)21-26-20(19-10-6-7-11-27(19)21)22(28)24-17-8-4-3-5-9-17/h3-14H,1-2H3,(H,24,28)(H,25,29). The SMILES string of the molecule is Cc1cc(C)cc(NC(=O)c2nc(C(=O)Nc3ccccc3)c3ccccn23)c1. The van der Waals surface area contributed by atoms with E-state index in [4.69, 9.17) is 0 Å². The molecule has 6 heteroatoms. The maximum Gasteiger partial charge on any atom is 0.292 e. The number of pyridine rings is 1. The topological polar surface area (TPSA) is 75.5 Å². The second-order valence-electron chi connectivity index (χ2n) is 6.89. The van der Waals surface area contributed by atoms with Crippen molar-refractivity contribution < 1.29 is 9.59 Å². The van der Waals surface area contributed by atoms with E-state index in [1.165, 1.54) is 0 Å². The lowest BCUT2D eigenvalue weighted by molar-refractivity contribution is 0.101. The van der Waals surface area contributed by atoms with E-state index in [1.807, 2.05) is 56.3 Å². The highest BCUT2D eigenvalue weighted by Gasteiger charge is 2.21. The Morgan fingerprint density at radius 1 is 0.793 bits per heavy atom. The Hall–Kier alpha value is -3.93. The van der Waals surface area contributed by atoms with Crippen LogP contribution in [0.25, 0.3) is 5.52 Å². The van der Waals surface area contributed by atoms with Gasteiger partial charge in [0.05, 0.1) is 5.52 Å². The minimum absolute atomic E-state index is 0.151. The van der Waals surface area contributed by atoms with Gasteiger partial charge in [0.1, 0.15) is 0 Å². The number of amides is 2. The number of carbonyl (C=O) groups excluding carboxylic acids is 2. The quantitative estimate of drug-likeness (QED) is 0.546. The van der Waals surface area contributed by atoms with Crippen molar-refractivity contribution in [1.82, 2.24) is 9.38 Å². The van der Waals surface area contributed by atoms with Crippen LogP contribution in [0.3, 0.4) is 0 Å². The maximum absolute atomic E-state index is 12.9. The van der Waals surface area contributed by atoms with Crippen LogP contribution in [0.2, 0.25) is 0 Å². The summed E-state index contributed by atoms with van der Waals surface area (Å²) >= 11 is 0. The van der Waals surface area contributed by atoms with E-state index in [9.17, 15) is 9.59 Å². The summed E-state index contributed by atoms with van der Waals surface area (Å²) in [5.74, 6) is -0.599. The molecular weight excluding hydrogens is 364 g/mol. The minimum Gasteiger partial charge on any atom is -0.321 e. The molecule has 2 amide bonds. The fourth-order valence-electron chi connectivity index (χ4n) is 3.31. The molecule has 0 aliphatic carbocycles. The van der Waals surface area contributed by atoms with E-state index in [1.54, 1.807) is 34.9 Å². The molecule has 4 rings (SSSR count). The van der Waals surface area contributed by atoms with Gasteiger partial charge in [0.15, 0.2) is 5.69 Å². The zero-order chi connectivity index (χ0) is 20.4. The lowest BCUT2D eigenvalue weighted by atomic mass is 10.1. The Kier molecular flexibility index (Phi) is 4.83. The third-order valence-corrected chi connectivity index (χ3v) is 4.48. The molecule has 0 aliphatic heterocycles. The van der Waals surface area contributed by atoms with Crippen LogP contribution in [0.1, 0.15) is 32.2 Å². The Labute approximate surface area is 168 Å². The van der Waals surface area contributed by atoms with Crippen molar-refractivity contribution >= 4 is 28.7 Å². The fourth-order valence-corrected chi connectivity index (χ4v) is 3.31. The lowest BCUT2D eigenvalue weighted by Crippen LogP contribution is -2.16. The Morgan fingerprint density at radius 2 is 1.45 bits per heavy atom. The molecule has 0 bridgehead atoms. The molecule has 6 nitrogen and oxygen atoms in total. The van der Waals surface area contributed by atoms with Gasteiger partial charge >= 0.3 is 0 Å². The van der Waals surface area contributed by atoms with Gasteiger partial charge in [-0.3, -0.25) is 14.0 Å². The van der Waals surface area contributed by atoms with Gasteiger partial charge in [-0.25, -0.2) is 4.98 Å². The van der Waals surface area contributed by atoms with E-state index < -0.39 is 0 Å². The summed E-state index contributed by atoms with van der Waals surface area (Å²) in [4.78, 5) is 30.1. The van der Waals surface area contributed by atoms with Crippen molar-refractivity contribution in [3.05, 3.63) is 95.6 Å². The highest BCUT2D eigenvalue weighted by molar-refractivity contribution is 6.10. The fraction of sp³-hybridized carbons (Fsp3) is 0.0870. The van der Waals surface area contributed by atoms with Crippen molar-refractivity contribution in [2.24, 2.45) is 0 Å². The van der Waals surface area contributed by atoms with Gasteiger partial charge < -0.3 is 10.6 Å². The second kappa shape index (κ2) is 7.59. The second-order valence-corrected chi connectivity index (χ2v) is 6.89. The van der Waals surface area contributed by atoms with E-state index in [0.29, 0.717) is 16.9 Å². The molecule has 29 heavy (non-hydrogen) atoms. The number of para-hydroxylation sites is 1. The van der Waals surface area contributed by atoms with Crippen LogP contribution in [0, 0.1) is 13.8 Å². The van der Waals surface area contributed by atoms with Crippen LogP contribution in [0.15, 0.2) is 72.9 Å². The normalized spacial score (nSPS) is 10.7. The molecule has 4 aromatic rings. The Morgan fingerprint density at radius 3 is 2.17 bits per heavy atom. The number of anilines is 2. The minimum atomic E-state index is -0.380. The molecule has 0 saturated heterocycles. The molecular formula is C23H20N4O2. The first-order chi connectivity index (χ1) is 14.0. The monoisotopic (exact) mass is 384 g/mol. The van der Waals surface area contributed by atoms with Crippen LogP contribution < -0.4 is 10.6 Å². The van der Waals surface area contributed by atoms with Gasteiger partial charge in [-0.1, -0.05) is 30.3 Å². The number of nitrogens with one attached hydrogen (secondary N) is 2. The number of benzene rings is 2. The van der Waals surface area contributed by atoms with Crippen molar-refractivity contribution in [1.29, 1.82) is 0 Å². The third kappa shape index (κ3) is 3.87. The average Bonchev–Trinajstić information content (AvgIpc) is 3.08. The van der Waals surface area contributed by atoms with E-state index >= 15 is 0 Å². The van der Waals surface area contributed by atoms with Gasteiger partial charge in [0.2, 0.25) is 5.82 Å². The molecule has 2 aromatic heterocycles. The van der Waals surface area contributed by atoms with Gasteiger partial charge in [0.25, 0.3) is 11.8 Å². The maximum atomic E-state index is 12.9. The van der Waals surface area contributed by atoms with Crippen LogP contribution in [-0.4, -0.2) is 21.2 Å². The molecule has 0 unspecified atom stereocenters. The van der Waals surface area contributed by atoms with Gasteiger partial charge in [-0.2, -0.15) is 0 Å². The molecule has 0 spiro atoms. The van der Waals surface area contributed by atoms with Crippen LogP contribution >= 0.6 is 0 Å². The predicted octanol–water partition coefficient (Wildman–Crippen LogP) is 4.46. The molecule has 2 aromatic carbocycles. The summed E-state index contributed by atoms with van der Waals surface area (Å²) in [5, 5.41) is 5.70. The molecule has 0 fully saturated rings. The van der Waals surface area contributed by atoms with Gasteiger partial charge in [-0.05, 0) is 61.4 Å². The number of aromatic nitrogens is 2. The highest BCUT2D eigenvalue weighted by Crippen LogP contribution is 2.18. The number of hydrogen-bond donors (Lipinski definition) is 2. The summed E-state index contributed by atoms with van der Waals surface area (Å²) in [5.41, 5.74) is 4.21. The molecule has 144 valence electrons. The molecule has 2 heterocycles. The molecule has 0 aliphatic rings. The number of fused-ring (bicyclic) bond motifs is 1. The zero-order valence-electron chi connectivity index (χ0n) is 16.1. The average molecular weight is 384 g/mol. The first kappa shape index (κ1) is 18.4. The molecule has 0 atom stereocenters. The van der Waals surface area contributed by atoms with E-state index in [0.717, 1.165) is 11.1 Å². The van der Waals surface area contributed by atoms with Gasteiger partial charge in [0, 0.05) is 17.6 Å². The Balaban J connectivity index is 1.68. The number of aryl methyl sites for hydroxylation is 2.